The van der Waals surface area contributed by atoms with E-state index in [1.54, 1.807) is 11.3 Å². The molecule has 1 aromatic carbocycles. The Kier molecular flexibility index (Phi) is 4.88. The lowest BCUT2D eigenvalue weighted by Crippen LogP contribution is -2.30. The number of esters is 1. The van der Waals surface area contributed by atoms with Gasteiger partial charge in [-0.25, -0.2) is 0 Å². The quantitative estimate of drug-likeness (QED) is 0.573. The summed E-state index contributed by atoms with van der Waals surface area (Å²) in [5.41, 5.74) is 2.50. The van der Waals surface area contributed by atoms with E-state index in [2.05, 4.69) is 0 Å². The van der Waals surface area contributed by atoms with E-state index < -0.39 is 0 Å². The third-order valence-corrected chi connectivity index (χ3v) is 7.72. The second kappa shape index (κ2) is 7.33. The van der Waals surface area contributed by atoms with Crippen LogP contribution in [0.25, 0.3) is 16.0 Å². The van der Waals surface area contributed by atoms with E-state index in [0.717, 1.165) is 33.7 Å². The molecule has 156 valence electrons. The Morgan fingerprint density at radius 2 is 1.83 bits per heavy atom. The molecule has 2 bridgehead atoms. The number of allylic oxidation sites excluding steroid dienone is 1. The second-order valence-corrected chi connectivity index (χ2v) is 10.3. The van der Waals surface area contributed by atoms with Crippen molar-refractivity contribution in [3.63, 3.8) is 0 Å². The molecule has 0 saturated carbocycles. The highest BCUT2D eigenvalue weighted by molar-refractivity contribution is 7.15. The Morgan fingerprint density at radius 1 is 1.17 bits per heavy atom. The summed E-state index contributed by atoms with van der Waals surface area (Å²) < 4.78 is 11.9. The van der Waals surface area contributed by atoms with Gasteiger partial charge in [-0.3, -0.25) is 9.59 Å². The molecule has 2 saturated heterocycles. The molecule has 1 aliphatic carbocycles. The first-order chi connectivity index (χ1) is 14.3. The van der Waals surface area contributed by atoms with Gasteiger partial charge in [-0.15, -0.1) is 11.3 Å². The predicted molar refractivity (Wildman–Crippen MR) is 117 cm³/mol. The van der Waals surface area contributed by atoms with Crippen molar-refractivity contribution in [2.45, 2.75) is 45.8 Å². The average molecular weight is 443 g/mol. The van der Waals surface area contributed by atoms with E-state index in [0.29, 0.717) is 16.4 Å². The zero-order chi connectivity index (χ0) is 21.2. The number of carbonyl (C=O) groups excluding carboxylic acids is 2. The molecule has 2 aromatic rings. The zero-order valence-electron chi connectivity index (χ0n) is 17.1. The van der Waals surface area contributed by atoms with Crippen molar-refractivity contribution >= 4 is 40.3 Å². The highest BCUT2D eigenvalue weighted by Crippen LogP contribution is 2.55. The Bertz CT molecular complexity index is 1070. The van der Waals surface area contributed by atoms with Crippen LogP contribution in [0.3, 0.4) is 0 Å². The van der Waals surface area contributed by atoms with Crippen molar-refractivity contribution < 1.29 is 19.1 Å². The first-order valence-electron chi connectivity index (χ1n) is 10.4. The molecule has 3 aliphatic rings. The van der Waals surface area contributed by atoms with Crippen molar-refractivity contribution in [1.82, 2.24) is 0 Å². The van der Waals surface area contributed by atoms with Gasteiger partial charge in [0.1, 0.15) is 5.76 Å². The fourth-order valence-corrected chi connectivity index (χ4v) is 6.05. The van der Waals surface area contributed by atoms with Crippen molar-refractivity contribution in [2.24, 2.45) is 17.8 Å². The van der Waals surface area contributed by atoms with Crippen LogP contribution >= 0.6 is 22.9 Å². The van der Waals surface area contributed by atoms with Gasteiger partial charge in [0.05, 0.1) is 35.5 Å². The first kappa shape index (κ1) is 20.0. The number of ketones is 1. The van der Waals surface area contributed by atoms with E-state index in [1.807, 2.05) is 51.1 Å². The van der Waals surface area contributed by atoms with E-state index in [4.69, 9.17) is 21.1 Å². The van der Waals surface area contributed by atoms with Crippen molar-refractivity contribution in [3.05, 3.63) is 51.6 Å². The van der Waals surface area contributed by atoms with Gasteiger partial charge in [-0.2, -0.15) is 0 Å². The number of benzene rings is 1. The number of thiophene rings is 1. The molecule has 2 fully saturated rings. The number of fused-ring (bicyclic) bond motifs is 5. The maximum atomic E-state index is 13.5. The minimum absolute atomic E-state index is 0.0360. The molecule has 0 N–H and O–H groups in total. The van der Waals surface area contributed by atoms with Crippen LogP contribution in [0.1, 0.15) is 37.1 Å². The standard InChI is InChI=1S/C24H23ClO4S/c1-11(2)24(27)29-23-19(22(26)20-16-8-9-17(28-16)21(20)23)15-10-18(30-12(15)3)13-4-6-14(25)7-5-13/h4-7,10-11,16-17,20-21H,8-9H2,1-3H3/t16-,17+,20+,21-/m0/s1. The van der Waals surface area contributed by atoms with Crippen LogP contribution in [-0.4, -0.2) is 24.0 Å². The molecular formula is C24H23ClO4S. The van der Waals surface area contributed by atoms with Gasteiger partial charge in [0.2, 0.25) is 0 Å². The van der Waals surface area contributed by atoms with Gasteiger partial charge in [0.15, 0.2) is 5.78 Å². The van der Waals surface area contributed by atoms with Gasteiger partial charge in [-0.1, -0.05) is 37.6 Å². The maximum absolute atomic E-state index is 13.5. The number of hydrogen-bond acceptors (Lipinski definition) is 5. The van der Waals surface area contributed by atoms with E-state index in [1.165, 1.54) is 0 Å². The van der Waals surface area contributed by atoms with Crippen LogP contribution in [-0.2, 0) is 19.1 Å². The fraction of sp³-hybridized carbons (Fsp3) is 0.417. The largest absolute Gasteiger partial charge is 0.430 e. The smallest absolute Gasteiger partial charge is 0.313 e. The number of aryl methyl sites for hydroxylation is 1. The highest BCUT2D eigenvalue weighted by atomic mass is 35.5. The summed E-state index contributed by atoms with van der Waals surface area (Å²) in [6.45, 7) is 5.63. The SMILES string of the molecule is Cc1sc(-c2ccc(Cl)cc2)cc1C1=C(OC(=O)C(C)C)[C@@H]2[C@H](C1=O)[C@@H]1CC[C@H]2O1. The molecule has 2 aliphatic heterocycles. The summed E-state index contributed by atoms with van der Waals surface area (Å²) >= 11 is 7.66. The summed E-state index contributed by atoms with van der Waals surface area (Å²) in [5, 5.41) is 0.687. The van der Waals surface area contributed by atoms with Crippen LogP contribution in [0.5, 0.6) is 0 Å². The molecule has 1 aromatic heterocycles. The van der Waals surface area contributed by atoms with Crippen LogP contribution in [0.2, 0.25) is 5.02 Å². The van der Waals surface area contributed by atoms with Crippen molar-refractivity contribution in [3.8, 4) is 10.4 Å². The van der Waals surface area contributed by atoms with Crippen LogP contribution < -0.4 is 0 Å². The summed E-state index contributed by atoms with van der Waals surface area (Å²) in [6, 6.07) is 9.72. The van der Waals surface area contributed by atoms with Gasteiger partial charge in [-0.05, 0) is 43.5 Å². The molecule has 4 atom stereocenters. The molecule has 0 amide bonds. The average Bonchev–Trinajstić information content (AvgIpc) is 3.46. The minimum atomic E-state index is -0.301. The Hall–Kier alpha value is -1.95. The predicted octanol–water partition coefficient (Wildman–Crippen LogP) is 5.66. The molecule has 0 unspecified atom stereocenters. The Balaban J connectivity index is 1.61. The summed E-state index contributed by atoms with van der Waals surface area (Å²) in [5.74, 6) is -0.355. The molecule has 0 radical (unpaired) electrons. The van der Waals surface area contributed by atoms with Gasteiger partial charge in [0.25, 0.3) is 0 Å². The lowest BCUT2D eigenvalue weighted by Gasteiger charge is -2.22. The molecule has 0 spiro atoms. The second-order valence-electron chi connectivity index (χ2n) is 8.61. The van der Waals surface area contributed by atoms with Crippen molar-refractivity contribution in [1.29, 1.82) is 0 Å². The van der Waals surface area contributed by atoms with Crippen LogP contribution in [0.15, 0.2) is 36.1 Å². The number of carbonyl (C=O) groups is 2. The number of rotatable bonds is 4. The topological polar surface area (TPSA) is 52.6 Å². The zero-order valence-corrected chi connectivity index (χ0v) is 18.7. The Labute approximate surface area is 184 Å². The molecule has 5 rings (SSSR count). The molecule has 6 heteroatoms. The van der Waals surface area contributed by atoms with Gasteiger partial charge < -0.3 is 9.47 Å². The van der Waals surface area contributed by atoms with Crippen LogP contribution in [0.4, 0.5) is 0 Å². The third kappa shape index (κ3) is 3.06. The van der Waals surface area contributed by atoms with Gasteiger partial charge in [0, 0.05) is 20.3 Å². The minimum Gasteiger partial charge on any atom is -0.430 e. The Morgan fingerprint density at radius 3 is 2.50 bits per heavy atom. The maximum Gasteiger partial charge on any atom is 0.313 e. The fourth-order valence-electron chi connectivity index (χ4n) is 4.90. The molecule has 30 heavy (non-hydrogen) atoms. The molecule has 4 nitrogen and oxygen atoms in total. The number of hydrogen-bond donors (Lipinski definition) is 0. The van der Waals surface area contributed by atoms with Crippen LogP contribution in [0, 0.1) is 24.7 Å². The molecular weight excluding hydrogens is 420 g/mol. The number of ether oxygens (including phenoxy) is 2. The number of halogens is 1. The monoisotopic (exact) mass is 442 g/mol. The highest BCUT2D eigenvalue weighted by Gasteiger charge is 2.60. The number of Topliss-reactive ketones (excluding diaryl/α,β-unsaturated/α-hetero) is 1. The van der Waals surface area contributed by atoms with E-state index in [-0.39, 0.29) is 41.7 Å². The van der Waals surface area contributed by atoms with Crippen molar-refractivity contribution in [2.75, 3.05) is 0 Å². The lowest BCUT2D eigenvalue weighted by molar-refractivity contribution is -0.144. The van der Waals surface area contributed by atoms with E-state index in [9.17, 15) is 9.59 Å². The van der Waals surface area contributed by atoms with E-state index >= 15 is 0 Å². The lowest BCUT2D eigenvalue weighted by atomic mass is 9.80. The molecule has 3 heterocycles. The normalized spacial score (nSPS) is 27.3. The summed E-state index contributed by atoms with van der Waals surface area (Å²) in [6.07, 6.45) is 1.71. The van der Waals surface area contributed by atoms with Gasteiger partial charge >= 0.3 is 5.97 Å². The summed E-state index contributed by atoms with van der Waals surface area (Å²) in [7, 11) is 0. The first-order valence-corrected chi connectivity index (χ1v) is 11.6. The summed E-state index contributed by atoms with van der Waals surface area (Å²) in [4.78, 5) is 28.1. The third-order valence-electron chi connectivity index (χ3n) is 6.37.